The number of nitrogens with one attached hydrogen (secondary N) is 1. The van der Waals surface area contributed by atoms with Crippen molar-refractivity contribution in [1.29, 1.82) is 0 Å². The van der Waals surface area contributed by atoms with Crippen LogP contribution >= 0.6 is 0 Å². The highest BCUT2D eigenvalue weighted by Gasteiger charge is 2.30. The Bertz CT molecular complexity index is 487. The predicted octanol–water partition coefficient (Wildman–Crippen LogP) is 3.16. The monoisotopic (exact) mass is 307 g/mol. The Morgan fingerprint density at radius 3 is 2.55 bits per heavy atom. The number of methoxy groups -OCH3 is 2. The first-order valence-corrected chi connectivity index (χ1v) is 8.10. The molecule has 4 heteroatoms. The summed E-state index contributed by atoms with van der Waals surface area (Å²) in [7, 11) is 3.34. The molecule has 0 spiro atoms. The van der Waals surface area contributed by atoms with Crippen LogP contribution in [0.15, 0.2) is 12.1 Å². The maximum atomic E-state index is 5.84. The van der Waals surface area contributed by atoms with Gasteiger partial charge in [-0.1, -0.05) is 13.8 Å². The molecule has 1 aliphatic rings. The van der Waals surface area contributed by atoms with E-state index in [0.29, 0.717) is 17.9 Å². The maximum Gasteiger partial charge on any atom is 0.161 e. The Balaban J connectivity index is 1.94. The minimum Gasteiger partial charge on any atom is -0.493 e. The SMILES string of the molecule is COc1cc(C)c(CNC[C@H]2CCO[C@@H]2C(C)C)cc1OC. The van der Waals surface area contributed by atoms with Crippen LogP contribution in [-0.2, 0) is 11.3 Å². The van der Waals surface area contributed by atoms with Gasteiger partial charge in [0.05, 0.1) is 20.3 Å². The van der Waals surface area contributed by atoms with Gasteiger partial charge in [0.2, 0.25) is 0 Å². The lowest BCUT2D eigenvalue weighted by molar-refractivity contribution is 0.0539. The van der Waals surface area contributed by atoms with Crippen LogP contribution in [-0.4, -0.2) is 33.5 Å². The molecule has 1 aromatic carbocycles. The third-order valence-electron chi connectivity index (χ3n) is 4.48. The molecule has 1 saturated heterocycles. The zero-order valence-corrected chi connectivity index (χ0v) is 14.4. The fraction of sp³-hybridized carbons (Fsp3) is 0.667. The summed E-state index contributed by atoms with van der Waals surface area (Å²) in [6.45, 7) is 9.31. The second-order valence-electron chi connectivity index (χ2n) is 6.39. The van der Waals surface area contributed by atoms with Gasteiger partial charge >= 0.3 is 0 Å². The van der Waals surface area contributed by atoms with E-state index in [9.17, 15) is 0 Å². The third kappa shape index (κ3) is 3.93. The first-order valence-electron chi connectivity index (χ1n) is 8.10. The lowest BCUT2D eigenvalue weighted by Crippen LogP contribution is -2.31. The summed E-state index contributed by atoms with van der Waals surface area (Å²) in [5.41, 5.74) is 2.46. The summed E-state index contributed by atoms with van der Waals surface area (Å²) in [6.07, 6.45) is 1.54. The molecule has 1 fully saturated rings. The molecule has 1 heterocycles. The van der Waals surface area contributed by atoms with Crippen molar-refractivity contribution < 1.29 is 14.2 Å². The lowest BCUT2D eigenvalue weighted by Gasteiger charge is -2.22. The van der Waals surface area contributed by atoms with Crippen molar-refractivity contribution in [2.24, 2.45) is 11.8 Å². The van der Waals surface area contributed by atoms with Crippen LogP contribution in [0.4, 0.5) is 0 Å². The zero-order valence-electron chi connectivity index (χ0n) is 14.4. The maximum absolute atomic E-state index is 5.84. The molecule has 0 radical (unpaired) electrons. The van der Waals surface area contributed by atoms with Crippen molar-refractivity contribution in [2.75, 3.05) is 27.4 Å². The molecule has 0 saturated carbocycles. The average molecular weight is 307 g/mol. The minimum atomic E-state index is 0.388. The third-order valence-corrected chi connectivity index (χ3v) is 4.48. The van der Waals surface area contributed by atoms with E-state index in [0.717, 1.165) is 37.6 Å². The van der Waals surface area contributed by atoms with Crippen LogP contribution in [0.25, 0.3) is 0 Å². The predicted molar refractivity (Wildman–Crippen MR) is 88.7 cm³/mol. The summed E-state index contributed by atoms with van der Waals surface area (Å²) in [4.78, 5) is 0. The van der Waals surface area contributed by atoms with E-state index in [1.807, 2.05) is 6.07 Å². The Labute approximate surface area is 134 Å². The Morgan fingerprint density at radius 1 is 1.23 bits per heavy atom. The van der Waals surface area contributed by atoms with E-state index in [-0.39, 0.29) is 0 Å². The van der Waals surface area contributed by atoms with Gasteiger partial charge in [-0.15, -0.1) is 0 Å². The van der Waals surface area contributed by atoms with Gasteiger partial charge in [0.25, 0.3) is 0 Å². The number of benzene rings is 1. The van der Waals surface area contributed by atoms with Gasteiger partial charge in [-0.25, -0.2) is 0 Å². The normalized spacial score (nSPS) is 21.4. The smallest absolute Gasteiger partial charge is 0.161 e. The summed E-state index contributed by atoms with van der Waals surface area (Å²) in [6, 6.07) is 4.09. The fourth-order valence-corrected chi connectivity index (χ4v) is 3.22. The molecular weight excluding hydrogens is 278 g/mol. The van der Waals surface area contributed by atoms with Crippen molar-refractivity contribution in [1.82, 2.24) is 5.32 Å². The van der Waals surface area contributed by atoms with E-state index in [1.165, 1.54) is 11.1 Å². The summed E-state index contributed by atoms with van der Waals surface area (Å²) < 4.78 is 16.6. The van der Waals surface area contributed by atoms with Crippen molar-refractivity contribution in [3.8, 4) is 11.5 Å². The molecular formula is C18H29NO3. The topological polar surface area (TPSA) is 39.7 Å². The van der Waals surface area contributed by atoms with E-state index < -0.39 is 0 Å². The minimum absolute atomic E-state index is 0.388. The van der Waals surface area contributed by atoms with Crippen molar-refractivity contribution in [3.63, 3.8) is 0 Å². The highest BCUT2D eigenvalue weighted by molar-refractivity contribution is 5.46. The molecule has 22 heavy (non-hydrogen) atoms. The van der Waals surface area contributed by atoms with Crippen LogP contribution in [0.3, 0.4) is 0 Å². The Hall–Kier alpha value is -1.26. The Kier molecular flexibility index (Phi) is 6.09. The summed E-state index contributed by atoms with van der Waals surface area (Å²) >= 11 is 0. The molecule has 124 valence electrons. The van der Waals surface area contributed by atoms with Gasteiger partial charge in [-0.3, -0.25) is 0 Å². The molecule has 0 bridgehead atoms. The molecule has 2 rings (SSSR count). The largest absolute Gasteiger partial charge is 0.493 e. The highest BCUT2D eigenvalue weighted by atomic mass is 16.5. The molecule has 0 aliphatic carbocycles. The molecule has 0 aromatic heterocycles. The highest BCUT2D eigenvalue weighted by Crippen LogP contribution is 2.30. The van der Waals surface area contributed by atoms with Crippen LogP contribution in [0.1, 0.15) is 31.4 Å². The molecule has 4 nitrogen and oxygen atoms in total. The lowest BCUT2D eigenvalue weighted by atomic mass is 9.93. The molecule has 0 amide bonds. The summed E-state index contributed by atoms with van der Waals surface area (Å²) in [5, 5.41) is 3.58. The van der Waals surface area contributed by atoms with Gasteiger partial charge < -0.3 is 19.5 Å². The van der Waals surface area contributed by atoms with Gasteiger partial charge in [-0.2, -0.15) is 0 Å². The molecule has 1 N–H and O–H groups in total. The molecule has 0 unspecified atom stereocenters. The van der Waals surface area contributed by atoms with Gasteiger partial charge in [-0.05, 0) is 48.4 Å². The second-order valence-corrected chi connectivity index (χ2v) is 6.39. The standard InChI is InChI=1S/C18H29NO3/c1-12(2)18-14(6-7-22-18)10-19-11-15-9-17(21-5)16(20-4)8-13(15)3/h8-9,12,14,18-19H,6-7,10-11H2,1-5H3/t14-,18-/m1/s1. The number of ether oxygens (including phenoxy) is 3. The zero-order chi connectivity index (χ0) is 16.1. The van der Waals surface area contributed by atoms with Crippen LogP contribution in [0.5, 0.6) is 11.5 Å². The van der Waals surface area contributed by atoms with E-state index >= 15 is 0 Å². The van der Waals surface area contributed by atoms with Gasteiger partial charge in [0.1, 0.15) is 0 Å². The number of aryl methyl sites for hydroxylation is 1. The van der Waals surface area contributed by atoms with Gasteiger partial charge in [0.15, 0.2) is 11.5 Å². The molecule has 2 atom stereocenters. The quantitative estimate of drug-likeness (QED) is 0.840. The first kappa shape index (κ1) is 17.1. The van der Waals surface area contributed by atoms with Crippen LogP contribution in [0.2, 0.25) is 0 Å². The molecule has 1 aliphatic heterocycles. The summed E-state index contributed by atoms with van der Waals surface area (Å²) in [5.74, 6) is 2.76. The fourth-order valence-electron chi connectivity index (χ4n) is 3.22. The van der Waals surface area contributed by atoms with Crippen LogP contribution in [0, 0.1) is 18.8 Å². The van der Waals surface area contributed by atoms with E-state index in [4.69, 9.17) is 14.2 Å². The number of hydrogen-bond donors (Lipinski definition) is 1. The Morgan fingerprint density at radius 2 is 1.91 bits per heavy atom. The number of rotatable bonds is 7. The first-order chi connectivity index (χ1) is 10.6. The molecule has 1 aromatic rings. The van der Waals surface area contributed by atoms with E-state index in [1.54, 1.807) is 14.2 Å². The van der Waals surface area contributed by atoms with Crippen LogP contribution < -0.4 is 14.8 Å². The van der Waals surface area contributed by atoms with Crippen molar-refractivity contribution >= 4 is 0 Å². The van der Waals surface area contributed by atoms with Crippen molar-refractivity contribution in [2.45, 2.75) is 39.8 Å². The average Bonchev–Trinajstić information content (AvgIpc) is 2.97. The van der Waals surface area contributed by atoms with Crippen molar-refractivity contribution in [3.05, 3.63) is 23.3 Å². The van der Waals surface area contributed by atoms with E-state index in [2.05, 4.69) is 32.2 Å². The second kappa shape index (κ2) is 7.84. The van der Waals surface area contributed by atoms with Gasteiger partial charge in [0, 0.05) is 19.7 Å². The number of hydrogen-bond acceptors (Lipinski definition) is 4.